The van der Waals surface area contributed by atoms with Gasteiger partial charge in [0.25, 0.3) is 5.91 Å². The average Bonchev–Trinajstić information content (AvgIpc) is 3.04. The van der Waals surface area contributed by atoms with Crippen molar-refractivity contribution < 1.29 is 4.79 Å². The molecule has 1 fully saturated rings. The van der Waals surface area contributed by atoms with Crippen molar-refractivity contribution in [3.8, 4) is 0 Å². The molecule has 2 aromatic rings. The molecule has 1 saturated heterocycles. The Morgan fingerprint density at radius 3 is 2.73 bits per heavy atom. The van der Waals surface area contributed by atoms with Crippen LogP contribution in [0.15, 0.2) is 41.0 Å². The molecule has 0 bridgehead atoms. The highest BCUT2D eigenvalue weighted by atomic mass is 79.9. The molecule has 1 aromatic heterocycles. The van der Waals surface area contributed by atoms with Gasteiger partial charge < -0.3 is 10.2 Å². The molecule has 5 heteroatoms. The normalized spacial score (nSPS) is 14.2. The third-order valence-electron chi connectivity index (χ3n) is 3.85. The fourth-order valence-electron chi connectivity index (χ4n) is 2.64. The molecular formula is C17H18BrN3O. The number of hydrogen-bond acceptors (Lipinski definition) is 3. The van der Waals surface area contributed by atoms with E-state index in [1.165, 1.54) is 0 Å². The van der Waals surface area contributed by atoms with E-state index in [-0.39, 0.29) is 5.91 Å². The number of anilines is 2. The topological polar surface area (TPSA) is 45.2 Å². The Morgan fingerprint density at radius 2 is 2.00 bits per heavy atom. The van der Waals surface area contributed by atoms with E-state index in [2.05, 4.69) is 26.2 Å². The molecule has 1 amide bonds. The highest BCUT2D eigenvalue weighted by molar-refractivity contribution is 9.10. The van der Waals surface area contributed by atoms with E-state index in [0.717, 1.165) is 41.7 Å². The Kier molecular flexibility index (Phi) is 4.43. The first-order chi connectivity index (χ1) is 10.6. The van der Waals surface area contributed by atoms with Crippen LogP contribution in [0.3, 0.4) is 0 Å². The van der Waals surface area contributed by atoms with Gasteiger partial charge in [0.05, 0.1) is 0 Å². The molecule has 22 heavy (non-hydrogen) atoms. The minimum atomic E-state index is 0.0930. The second-order valence-electron chi connectivity index (χ2n) is 5.51. The van der Waals surface area contributed by atoms with Crippen LogP contribution in [0.5, 0.6) is 0 Å². The number of amides is 1. The summed E-state index contributed by atoms with van der Waals surface area (Å²) in [5.74, 6) is 0.783. The zero-order valence-corrected chi connectivity index (χ0v) is 14.1. The van der Waals surface area contributed by atoms with E-state index in [9.17, 15) is 4.79 Å². The van der Waals surface area contributed by atoms with Crippen LogP contribution in [0.1, 0.15) is 28.8 Å². The Balaban J connectivity index is 1.80. The molecule has 1 aliphatic heterocycles. The summed E-state index contributed by atoms with van der Waals surface area (Å²) in [7, 11) is 0. The SMILES string of the molecule is Cc1cc(Br)ccc1Nc1cc(C(=O)N2CCCC2)ccn1. The molecule has 1 N–H and O–H groups in total. The van der Waals surface area contributed by atoms with Crippen LogP contribution in [0.25, 0.3) is 0 Å². The van der Waals surface area contributed by atoms with Gasteiger partial charge in [-0.25, -0.2) is 4.98 Å². The third-order valence-corrected chi connectivity index (χ3v) is 4.34. The number of rotatable bonds is 3. The first-order valence-corrected chi connectivity index (χ1v) is 8.21. The molecule has 0 atom stereocenters. The molecular weight excluding hydrogens is 342 g/mol. The summed E-state index contributed by atoms with van der Waals surface area (Å²) in [6, 6.07) is 9.62. The smallest absolute Gasteiger partial charge is 0.254 e. The van der Waals surface area contributed by atoms with Crippen LogP contribution >= 0.6 is 15.9 Å². The van der Waals surface area contributed by atoms with Crippen LogP contribution < -0.4 is 5.32 Å². The van der Waals surface area contributed by atoms with Gasteiger partial charge in [0.1, 0.15) is 5.82 Å². The molecule has 0 unspecified atom stereocenters. The van der Waals surface area contributed by atoms with E-state index in [0.29, 0.717) is 11.4 Å². The first kappa shape index (κ1) is 15.0. The maximum absolute atomic E-state index is 12.4. The Hall–Kier alpha value is -1.88. The molecule has 0 spiro atoms. The number of carbonyl (C=O) groups is 1. The molecule has 3 rings (SSSR count). The van der Waals surface area contributed by atoms with Gasteiger partial charge in [-0.2, -0.15) is 0 Å². The summed E-state index contributed by atoms with van der Waals surface area (Å²) in [6.45, 7) is 3.75. The maximum Gasteiger partial charge on any atom is 0.254 e. The van der Waals surface area contributed by atoms with Crippen LogP contribution in [-0.4, -0.2) is 28.9 Å². The van der Waals surface area contributed by atoms with Crippen molar-refractivity contribution >= 4 is 33.3 Å². The van der Waals surface area contributed by atoms with Crippen molar-refractivity contribution in [1.82, 2.24) is 9.88 Å². The summed E-state index contributed by atoms with van der Waals surface area (Å²) in [5, 5.41) is 3.28. The quantitative estimate of drug-likeness (QED) is 0.895. The van der Waals surface area contributed by atoms with Crippen LogP contribution in [0, 0.1) is 6.92 Å². The molecule has 114 valence electrons. The number of pyridine rings is 1. The zero-order valence-electron chi connectivity index (χ0n) is 12.5. The minimum absolute atomic E-state index is 0.0930. The lowest BCUT2D eigenvalue weighted by atomic mass is 10.2. The van der Waals surface area contributed by atoms with Gasteiger partial charge in [-0.05, 0) is 55.7 Å². The molecule has 1 aliphatic rings. The first-order valence-electron chi connectivity index (χ1n) is 7.42. The molecule has 1 aromatic carbocycles. The number of aromatic nitrogens is 1. The predicted molar refractivity (Wildman–Crippen MR) is 91.5 cm³/mol. The number of nitrogens with one attached hydrogen (secondary N) is 1. The van der Waals surface area contributed by atoms with Crippen molar-refractivity contribution in [2.75, 3.05) is 18.4 Å². The second kappa shape index (κ2) is 6.48. The third kappa shape index (κ3) is 3.30. The average molecular weight is 360 g/mol. The number of aryl methyl sites for hydroxylation is 1. The second-order valence-corrected chi connectivity index (χ2v) is 6.43. The van der Waals surface area contributed by atoms with Crippen molar-refractivity contribution in [3.05, 3.63) is 52.1 Å². The Labute approximate surface area is 138 Å². The van der Waals surface area contributed by atoms with Gasteiger partial charge in [0, 0.05) is 35.0 Å². The van der Waals surface area contributed by atoms with E-state index in [4.69, 9.17) is 0 Å². The summed E-state index contributed by atoms with van der Waals surface area (Å²) >= 11 is 3.46. The van der Waals surface area contributed by atoms with Crippen LogP contribution in [0.4, 0.5) is 11.5 Å². The van der Waals surface area contributed by atoms with E-state index in [1.807, 2.05) is 36.1 Å². The largest absolute Gasteiger partial charge is 0.340 e. The lowest BCUT2D eigenvalue weighted by Crippen LogP contribution is -2.27. The van der Waals surface area contributed by atoms with Crippen molar-refractivity contribution in [2.24, 2.45) is 0 Å². The number of nitrogens with zero attached hydrogens (tertiary/aromatic N) is 2. The number of hydrogen-bond donors (Lipinski definition) is 1. The molecule has 0 aliphatic carbocycles. The number of halogens is 1. The van der Waals surface area contributed by atoms with Gasteiger partial charge in [-0.1, -0.05) is 15.9 Å². The van der Waals surface area contributed by atoms with E-state index >= 15 is 0 Å². The van der Waals surface area contributed by atoms with Gasteiger partial charge in [-0.15, -0.1) is 0 Å². The van der Waals surface area contributed by atoms with Crippen molar-refractivity contribution in [2.45, 2.75) is 19.8 Å². The zero-order chi connectivity index (χ0) is 15.5. The minimum Gasteiger partial charge on any atom is -0.340 e. The standard InChI is InChI=1S/C17H18BrN3O/c1-12-10-14(18)4-5-15(12)20-16-11-13(6-7-19-16)17(22)21-8-2-3-9-21/h4-7,10-11H,2-3,8-9H2,1H3,(H,19,20). The summed E-state index contributed by atoms with van der Waals surface area (Å²) < 4.78 is 1.04. The predicted octanol–water partition coefficient (Wildman–Crippen LogP) is 4.13. The summed E-state index contributed by atoms with van der Waals surface area (Å²) in [6.07, 6.45) is 3.87. The lowest BCUT2D eigenvalue weighted by molar-refractivity contribution is 0.0793. The number of carbonyl (C=O) groups excluding carboxylic acids is 1. The van der Waals surface area contributed by atoms with Crippen LogP contribution in [0.2, 0.25) is 0 Å². The van der Waals surface area contributed by atoms with E-state index in [1.54, 1.807) is 12.3 Å². The fourth-order valence-corrected chi connectivity index (χ4v) is 3.12. The maximum atomic E-state index is 12.4. The summed E-state index contributed by atoms with van der Waals surface area (Å²) in [4.78, 5) is 18.6. The highest BCUT2D eigenvalue weighted by Crippen LogP contribution is 2.23. The van der Waals surface area contributed by atoms with Gasteiger partial charge >= 0.3 is 0 Å². The van der Waals surface area contributed by atoms with Gasteiger partial charge in [0.15, 0.2) is 0 Å². The monoisotopic (exact) mass is 359 g/mol. The highest BCUT2D eigenvalue weighted by Gasteiger charge is 2.19. The summed E-state index contributed by atoms with van der Waals surface area (Å²) in [5.41, 5.74) is 2.79. The van der Waals surface area contributed by atoms with Gasteiger partial charge in [0.2, 0.25) is 0 Å². The number of likely N-dealkylation sites (tertiary alicyclic amines) is 1. The van der Waals surface area contributed by atoms with Crippen molar-refractivity contribution in [1.29, 1.82) is 0 Å². The van der Waals surface area contributed by atoms with E-state index < -0.39 is 0 Å². The molecule has 4 nitrogen and oxygen atoms in total. The lowest BCUT2D eigenvalue weighted by Gasteiger charge is -2.16. The fraction of sp³-hybridized carbons (Fsp3) is 0.294. The molecule has 0 radical (unpaired) electrons. The Bertz CT molecular complexity index is 696. The molecule has 2 heterocycles. The molecule has 0 saturated carbocycles. The van der Waals surface area contributed by atoms with Crippen LogP contribution in [-0.2, 0) is 0 Å². The Morgan fingerprint density at radius 1 is 1.23 bits per heavy atom. The van der Waals surface area contributed by atoms with Crippen molar-refractivity contribution in [3.63, 3.8) is 0 Å². The van der Waals surface area contributed by atoms with Gasteiger partial charge in [-0.3, -0.25) is 4.79 Å². The number of benzene rings is 1.